The Bertz CT molecular complexity index is 765. The predicted molar refractivity (Wildman–Crippen MR) is 82.9 cm³/mol. The summed E-state index contributed by atoms with van der Waals surface area (Å²) in [5.74, 6) is -1.08. The molecule has 0 aliphatic rings. The van der Waals surface area contributed by atoms with Crippen molar-refractivity contribution in [3.63, 3.8) is 0 Å². The minimum atomic E-state index is -1.08. The van der Waals surface area contributed by atoms with Crippen molar-refractivity contribution in [3.8, 4) is 5.69 Å². The molecule has 1 aromatic heterocycles. The van der Waals surface area contributed by atoms with Crippen LogP contribution in [0.4, 0.5) is 0 Å². The largest absolute Gasteiger partial charge is 0.478 e. The van der Waals surface area contributed by atoms with Crippen molar-refractivity contribution in [2.45, 2.75) is 20.8 Å². The number of benzene rings is 1. The fraction of sp³-hybridized carbons (Fsp3) is 0.176. The van der Waals surface area contributed by atoms with Crippen molar-refractivity contribution < 1.29 is 9.90 Å². The lowest BCUT2D eigenvalue weighted by Crippen LogP contribution is -2.12. The van der Waals surface area contributed by atoms with Crippen LogP contribution < -0.4 is 5.43 Å². The van der Waals surface area contributed by atoms with E-state index < -0.39 is 5.97 Å². The minimum Gasteiger partial charge on any atom is -0.478 e. The first kappa shape index (κ1) is 14.8. The van der Waals surface area contributed by atoms with Crippen LogP contribution in [0.2, 0.25) is 0 Å². The van der Waals surface area contributed by atoms with E-state index in [2.05, 4.69) is 6.07 Å². The summed E-state index contributed by atoms with van der Waals surface area (Å²) in [5.41, 5.74) is 4.18. The van der Waals surface area contributed by atoms with E-state index in [-0.39, 0.29) is 5.43 Å². The second kappa shape index (κ2) is 5.79. The Hall–Kier alpha value is -2.62. The Morgan fingerprint density at radius 1 is 1.10 bits per heavy atom. The first-order chi connectivity index (χ1) is 9.86. The van der Waals surface area contributed by atoms with E-state index in [1.54, 1.807) is 6.20 Å². The Morgan fingerprint density at radius 3 is 2.29 bits per heavy atom. The number of carbonyl (C=O) groups is 1. The van der Waals surface area contributed by atoms with Gasteiger partial charge in [0.1, 0.15) is 0 Å². The molecule has 0 fully saturated rings. The second-order valence-electron chi connectivity index (χ2n) is 5.12. The molecule has 4 nitrogen and oxygen atoms in total. The number of carboxylic acids is 1. The molecule has 1 heterocycles. The summed E-state index contributed by atoms with van der Waals surface area (Å²) in [6.07, 6.45) is 3.96. The van der Waals surface area contributed by atoms with E-state index in [4.69, 9.17) is 5.11 Å². The van der Waals surface area contributed by atoms with Crippen LogP contribution in [0.5, 0.6) is 0 Å². The topological polar surface area (TPSA) is 59.3 Å². The Balaban J connectivity index is 2.61. The van der Waals surface area contributed by atoms with Crippen molar-refractivity contribution in [2.24, 2.45) is 0 Å². The van der Waals surface area contributed by atoms with Gasteiger partial charge in [0.15, 0.2) is 5.43 Å². The maximum Gasteiger partial charge on any atom is 0.328 e. The maximum atomic E-state index is 11.9. The molecule has 1 N–H and O–H groups in total. The summed E-state index contributed by atoms with van der Waals surface area (Å²) >= 11 is 0. The first-order valence-corrected chi connectivity index (χ1v) is 6.60. The quantitative estimate of drug-likeness (QED) is 0.881. The molecule has 0 amide bonds. The monoisotopic (exact) mass is 283 g/mol. The molecule has 0 radical (unpaired) electrons. The van der Waals surface area contributed by atoms with Crippen LogP contribution in [0.25, 0.3) is 11.8 Å². The van der Waals surface area contributed by atoms with Crippen molar-refractivity contribution in [1.82, 2.24) is 4.57 Å². The fourth-order valence-electron chi connectivity index (χ4n) is 2.30. The zero-order chi connectivity index (χ0) is 15.6. The molecule has 0 aliphatic heterocycles. The van der Waals surface area contributed by atoms with Crippen LogP contribution in [-0.4, -0.2) is 15.6 Å². The highest BCUT2D eigenvalue weighted by Gasteiger charge is 2.05. The molecule has 0 saturated heterocycles. The zero-order valence-electron chi connectivity index (χ0n) is 12.3. The fourth-order valence-corrected chi connectivity index (χ4v) is 2.30. The molecule has 0 atom stereocenters. The van der Waals surface area contributed by atoms with Gasteiger partial charge in [0, 0.05) is 35.3 Å². The molecule has 4 heteroatoms. The maximum absolute atomic E-state index is 11.9. The Labute approximate surface area is 123 Å². The van der Waals surface area contributed by atoms with Gasteiger partial charge in [0.2, 0.25) is 0 Å². The SMILES string of the molecule is Cc1cc(C)cc(-n2cc(/C=C/C(=O)O)c(=O)cc2C)c1. The summed E-state index contributed by atoms with van der Waals surface area (Å²) in [5, 5.41) is 8.68. The molecule has 0 bridgehead atoms. The van der Waals surface area contributed by atoms with Crippen molar-refractivity contribution >= 4 is 12.0 Å². The van der Waals surface area contributed by atoms with Gasteiger partial charge < -0.3 is 9.67 Å². The zero-order valence-corrected chi connectivity index (χ0v) is 12.3. The molecular weight excluding hydrogens is 266 g/mol. The van der Waals surface area contributed by atoms with Crippen molar-refractivity contribution in [2.75, 3.05) is 0 Å². The van der Waals surface area contributed by atoms with Crippen molar-refractivity contribution in [3.05, 3.63) is 69.1 Å². The molecule has 0 aliphatic carbocycles. The Morgan fingerprint density at radius 2 is 1.71 bits per heavy atom. The number of carboxylic acid groups (broad SMARTS) is 1. The van der Waals surface area contributed by atoms with Gasteiger partial charge in [-0.3, -0.25) is 4.79 Å². The average Bonchev–Trinajstić information content (AvgIpc) is 2.36. The summed E-state index contributed by atoms with van der Waals surface area (Å²) in [4.78, 5) is 22.5. The van der Waals surface area contributed by atoms with Gasteiger partial charge in [0.05, 0.1) is 0 Å². The van der Waals surface area contributed by atoms with Crippen LogP contribution in [0, 0.1) is 20.8 Å². The standard InChI is InChI=1S/C17H17NO3/c1-11-6-12(2)8-15(7-11)18-10-14(4-5-17(20)21)16(19)9-13(18)3/h4-10H,1-3H3,(H,20,21)/b5-4+. The van der Waals surface area contributed by atoms with E-state index in [9.17, 15) is 9.59 Å². The minimum absolute atomic E-state index is 0.189. The number of hydrogen-bond acceptors (Lipinski definition) is 2. The highest BCUT2D eigenvalue weighted by molar-refractivity contribution is 5.85. The Kier molecular flexibility index (Phi) is 4.08. The number of hydrogen-bond donors (Lipinski definition) is 1. The van der Waals surface area contributed by atoms with Gasteiger partial charge in [-0.1, -0.05) is 6.07 Å². The second-order valence-corrected chi connectivity index (χ2v) is 5.12. The van der Waals surface area contributed by atoms with Gasteiger partial charge in [0.25, 0.3) is 0 Å². The van der Waals surface area contributed by atoms with Crippen LogP contribution in [0.1, 0.15) is 22.4 Å². The number of aliphatic carboxylic acids is 1. The molecule has 21 heavy (non-hydrogen) atoms. The first-order valence-electron chi connectivity index (χ1n) is 6.60. The lowest BCUT2D eigenvalue weighted by Gasteiger charge is -2.13. The normalized spacial score (nSPS) is 11.0. The van der Waals surface area contributed by atoms with Gasteiger partial charge in [-0.25, -0.2) is 4.79 Å². The number of rotatable bonds is 3. The van der Waals surface area contributed by atoms with E-state index >= 15 is 0 Å². The van der Waals surface area contributed by atoms with Gasteiger partial charge in [-0.2, -0.15) is 0 Å². The highest BCUT2D eigenvalue weighted by Crippen LogP contribution is 2.16. The molecule has 2 rings (SSSR count). The molecular formula is C17H17NO3. The van der Waals surface area contributed by atoms with E-state index in [1.165, 1.54) is 12.1 Å². The summed E-state index contributed by atoms with van der Waals surface area (Å²) in [6.45, 7) is 5.88. The van der Waals surface area contributed by atoms with Gasteiger partial charge >= 0.3 is 5.97 Å². The van der Waals surface area contributed by atoms with E-state index in [1.807, 2.05) is 37.5 Å². The summed E-state index contributed by atoms with van der Waals surface area (Å²) < 4.78 is 1.89. The van der Waals surface area contributed by atoms with Crippen molar-refractivity contribution in [1.29, 1.82) is 0 Å². The number of nitrogens with zero attached hydrogens (tertiary/aromatic N) is 1. The molecule has 0 saturated carbocycles. The molecule has 1 aromatic carbocycles. The number of pyridine rings is 1. The molecule has 0 unspecified atom stereocenters. The third-order valence-corrected chi connectivity index (χ3v) is 3.16. The van der Waals surface area contributed by atoms with Crippen LogP contribution in [-0.2, 0) is 4.79 Å². The highest BCUT2D eigenvalue weighted by atomic mass is 16.4. The summed E-state index contributed by atoms with van der Waals surface area (Å²) in [6, 6.07) is 7.64. The van der Waals surface area contributed by atoms with Crippen LogP contribution in [0.15, 0.2) is 41.3 Å². The lowest BCUT2D eigenvalue weighted by atomic mass is 10.1. The van der Waals surface area contributed by atoms with E-state index in [0.717, 1.165) is 28.6 Å². The molecule has 0 spiro atoms. The van der Waals surface area contributed by atoms with Gasteiger partial charge in [-0.05, 0) is 50.1 Å². The number of aromatic nitrogens is 1. The molecule has 2 aromatic rings. The summed E-state index contributed by atoms with van der Waals surface area (Å²) in [7, 11) is 0. The predicted octanol–water partition coefficient (Wildman–Crippen LogP) is 2.86. The molecule has 108 valence electrons. The third-order valence-electron chi connectivity index (χ3n) is 3.16. The third kappa shape index (κ3) is 3.48. The van der Waals surface area contributed by atoms with E-state index in [0.29, 0.717) is 5.56 Å². The smallest absolute Gasteiger partial charge is 0.328 e. The average molecular weight is 283 g/mol. The van der Waals surface area contributed by atoms with Crippen LogP contribution in [0.3, 0.4) is 0 Å². The van der Waals surface area contributed by atoms with Crippen LogP contribution >= 0.6 is 0 Å². The number of aryl methyl sites for hydroxylation is 3. The van der Waals surface area contributed by atoms with Gasteiger partial charge in [-0.15, -0.1) is 0 Å². The lowest BCUT2D eigenvalue weighted by molar-refractivity contribution is -0.131.